The molecule has 0 saturated heterocycles. The summed E-state index contributed by atoms with van der Waals surface area (Å²) in [5, 5.41) is 9.26. The minimum atomic E-state index is -3.79. The monoisotopic (exact) mass is 346 g/mol. The van der Waals surface area contributed by atoms with E-state index < -0.39 is 10.0 Å². The smallest absolute Gasteiger partial charge is 0.238 e. The van der Waals surface area contributed by atoms with Crippen LogP contribution in [0.4, 0.5) is 11.5 Å². The number of nitrogens with zero attached hydrogens (tertiary/aromatic N) is 3. The summed E-state index contributed by atoms with van der Waals surface area (Å²) >= 11 is 0. The molecule has 2 heterocycles. The van der Waals surface area contributed by atoms with Crippen molar-refractivity contribution in [1.29, 1.82) is 0 Å². The minimum absolute atomic E-state index is 0.0480. The molecule has 0 bridgehead atoms. The molecular weight excluding hydrogens is 328 g/mol. The second kappa shape index (κ2) is 6.19. The molecule has 0 radical (unpaired) electrons. The van der Waals surface area contributed by atoms with Crippen LogP contribution in [0.2, 0.25) is 0 Å². The van der Waals surface area contributed by atoms with Crippen LogP contribution in [0.1, 0.15) is 5.56 Å². The summed E-state index contributed by atoms with van der Waals surface area (Å²) in [5.74, 6) is 0.591. The van der Waals surface area contributed by atoms with Gasteiger partial charge in [0, 0.05) is 18.4 Å². The molecule has 0 aliphatic heterocycles. The molecular formula is C15H18N6O2S. The Morgan fingerprint density at radius 2 is 2.04 bits per heavy atom. The normalized spacial score (nSPS) is 12.0. The van der Waals surface area contributed by atoms with E-state index in [0.717, 1.165) is 10.9 Å². The van der Waals surface area contributed by atoms with Crippen LogP contribution in [-0.4, -0.2) is 42.4 Å². The van der Waals surface area contributed by atoms with E-state index in [1.165, 1.54) is 18.5 Å². The van der Waals surface area contributed by atoms with Crippen molar-refractivity contribution in [3.8, 4) is 0 Å². The second-order valence-electron chi connectivity index (χ2n) is 5.69. The first-order valence-electron chi connectivity index (χ1n) is 7.20. The molecule has 0 atom stereocenters. The van der Waals surface area contributed by atoms with Gasteiger partial charge in [0.2, 0.25) is 10.0 Å². The fourth-order valence-corrected chi connectivity index (χ4v) is 2.97. The summed E-state index contributed by atoms with van der Waals surface area (Å²) in [6, 6.07) is 6.63. The highest BCUT2D eigenvalue weighted by molar-refractivity contribution is 7.89. The molecule has 0 saturated carbocycles. The third kappa shape index (κ3) is 3.37. The quantitative estimate of drug-likeness (QED) is 0.643. The topological polar surface area (TPSA) is 117 Å². The van der Waals surface area contributed by atoms with Gasteiger partial charge in [0.25, 0.3) is 0 Å². The second-order valence-corrected chi connectivity index (χ2v) is 7.25. The van der Waals surface area contributed by atoms with Gasteiger partial charge >= 0.3 is 0 Å². The van der Waals surface area contributed by atoms with Crippen molar-refractivity contribution in [2.24, 2.45) is 5.14 Å². The van der Waals surface area contributed by atoms with E-state index in [2.05, 4.69) is 20.3 Å². The molecule has 4 N–H and O–H groups in total. The van der Waals surface area contributed by atoms with E-state index >= 15 is 0 Å². The number of H-pyrrole nitrogens is 1. The largest absolute Gasteiger partial charge is 0.346 e. The van der Waals surface area contributed by atoms with E-state index in [9.17, 15) is 8.42 Å². The first-order chi connectivity index (χ1) is 11.3. The zero-order valence-corrected chi connectivity index (χ0v) is 14.1. The number of anilines is 2. The third-order valence-corrected chi connectivity index (χ3v) is 4.41. The van der Waals surface area contributed by atoms with Crippen LogP contribution in [0.15, 0.2) is 41.7 Å². The molecule has 0 amide bonds. The van der Waals surface area contributed by atoms with Crippen LogP contribution in [0.25, 0.3) is 11.0 Å². The van der Waals surface area contributed by atoms with Gasteiger partial charge in [-0.15, -0.1) is 0 Å². The van der Waals surface area contributed by atoms with Gasteiger partial charge < -0.3 is 15.2 Å². The fraction of sp³-hybridized carbons (Fsp3) is 0.200. The van der Waals surface area contributed by atoms with E-state index in [-0.39, 0.29) is 4.90 Å². The Labute approximate surface area is 139 Å². The maximum absolute atomic E-state index is 11.7. The van der Waals surface area contributed by atoms with Crippen molar-refractivity contribution >= 4 is 32.6 Å². The average molecular weight is 346 g/mol. The van der Waals surface area contributed by atoms with E-state index in [1.807, 2.05) is 25.1 Å². The van der Waals surface area contributed by atoms with Crippen LogP contribution in [0.3, 0.4) is 0 Å². The van der Waals surface area contributed by atoms with Crippen molar-refractivity contribution in [1.82, 2.24) is 19.9 Å². The van der Waals surface area contributed by atoms with Crippen molar-refractivity contribution in [2.75, 3.05) is 19.4 Å². The maximum Gasteiger partial charge on any atom is 0.238 e. The molecule has 1 aromatic carbocycles. The maximum atomic E-state index is 11.7. The number of aromatic amines is 1. The van der Waals surface area contributed by atoms with Gasteiger partial charge in [-0.1, -0.05) is 6.07 Å². The van der Waals surface area contributed by atoms with E-state index in [4.69, 9.17) is 5.14 Å². The number of nitrogens with one attached hydrogen (secondary N) is 2. The molecule has 0 aliphatic carbocycles. The van der Waals surface area contributed by atoms with Crippen molar-refractivity contribution < 1.29 is 8.42 Å². The first-order valence-corrected chi connectivity index (χ1v) is 8.75. The Morgan fingerprint density at radius 1 is 1.25 bits per heavy atom. The third-order valence-electron chi connectivity index (χ3n) is 3.50. The van der Waals surface area contributed by atoms with Gasteiger partial charge in [-0.2, -0.15) is 0 Å². The number of rotatable bonds is 5. The summed E-state index contributed by atoms with van der Waals surface area (Å²) in [7, 11) is 0.0868. The van der Waals surface area contributed by atoms with Crippen molar-refractivity contribution in [3.63, 3.8) is 0 Å². The highest BCUT2D eigenvalue weighted by Gasteiger charge is 2.14. The van der Waals surface area contributed by atoms with Gasteiger partial charge in [-0.3, -0.25) is 0 Å². The molecule has 24 heavy (non-hydrogen) atoms. The number of fused-ring (bicyclic) bond motifs is 1. The lowest BCUT2D eigenvalue weighted by molar-refractivity contribution is 0.403. The summed E-state index contributed by atoms with van der Waals surface area (Å²) < 4.78 is 23.3. The lowest BCUT2D eigenvalue weighted by atomic mass is 10.1. The fourth-order valence-electron chi connectivity index (χ4n) is 2.43. The van der Waals surface area contributed by atoms with Gasteiger partial charge in [-0.05, 0) is 37.9 Å². The van der Waals surface area contributed by atoms with Gasteiger partial charge in [0.05, 0.1) is 10.3 Å². The van der Waals surface area contributed by atoms with Crippen LogP contribution in [0.5, 0.6) is 0 Å². The lowest BCUT2D eigenvalue weighted by Crippen LogP contribution is -2.15. The number of aromatic nitrogens is 3. The molecule has 126 valence electrons. The number of primary sulfonamides is 1. The molecule has 0 spiro atoms. The molecule has 0 unspecified atom stereocenters. The van der Waals surface area contributed by atoms with Crippen molar-refractivity contribution in [2.45, 2.75) is 11.4 Å². The molecule has 0 aliphatic rings. The lowest BCUT2D eigenvalue weighted by Gasteiger charge is -2.16. The predicted molar refractivity (Wildman–Crippen MR) is 92.4 cm³/mol. The SMILES string of the molecule is CN(C)Cc1ccc(S(N)(=O)=O)cc1Nc1ncnc2[nH]ccc12. The minimum Gasteiger partial charge on any atom is -0.346 e. The summed E-state index contributed by atoms with van der Waals surface area (Å²) in [6.45, 7) is 0.634. The number of sulfonamides is 1. The van der Waals surface area contributed by atoms with E-state index in [1.54, 1.807) is 12.3 Å². The molecule has 8 nitrogen and oxygen atoms in total. The molecule has 3 rings (SSSR count). The predicted octanol–water partition coefficient (Wildman–Crippen LogP) is 1.41. The molecule has 2 aromatic heterocycles. The Balaban J connectivity index is 2.08. The van der Waals surface area contributed by atoms with Gasteiger partial charge in [-0.25, -0.2) is 23.5 Å². The van der Waals surface area contributed by atoms with Crippen LogP contribution < -0.4 is 10.5 Å². The molecule has 3 aromatic rings. The number of hydrogen-bond donors (Lipinski definition) is 3. The summed E-state index contributed by atoms with van der Waals surface area (Å²) in [4.78, 5) is 13.4. The molecule has 9 heteroatoms. The Bertz CT molecular complexity index is 981. The Hall–Kier alpha value is -2.49. The summed E-state index contributed by atoms with van der Waals surface area (Å²) in [5.41, 5.74) is 2.26. The first kappa shape index (κ1) is 16.4. The van der Waals surface area contributed by atoms with Gasteiger partial charge in [0.1, 0.15) is 17.8 Å². The zero-order chi connectivity index (χ0) is 17.3. The Morgan fingerprint density at radius 3 is 2.75 bits per heavy atom. The van der Waals surface area contributed by atoms with E-state index in [0.29, 0.717) is 23.7 Å². The standard InChI is InChI=1S/C15H18N6O2S/c1-21(2)8-10-3-4-11(24(16,22)23)7-13(10)20-15-12-5-6-17-14(12)18-9-19-15/h3-7,9H,8H2,1-2H3,(H2,16,22,23)(H2,17,18,19,20). The number of nitrogens with two attached hydrogens (primary N) is 1. The van der Waals surface area contributed by atoms with Crippen molar-refractivity contribution in [3.05, 3.63) is 42.4 Å². The molecule has 0 fully saturated rings. The van der Waals surface area contributed by atoms with Gasteiger partial charge in [0.15, 0.2) is 0 Å². The zero-order valence-electron chi connectivity index (χ0n) is 13.3. The summed E-state index contributed by atoms with van der Waals surface area (Å²) in [6.07, 6.45) is 3.21. The highest BCUT2D eigenvalue weighted by Crippen LogP contribution is 2.27. The van der Waals surface area contributed by atoms with Crippen LogP contribution in [-0.2, 0) is 16.6 Å². The Kier molecular flexibility index (Phi) is 4.22. The van der Waals surface area contributed by atoms with Crippen LogP contribution in [0, 0.1) is 0 Å². The number of benzene rings is 1. The highest BCUT2D eigenvalue weighted by atomic mass is 32.2. The number of hydrogen-bond acceptors (Lipinski definition) is 6. The average Bonchev–Trinajstić information content (AvgIpc) is 2.97. The van der Waals surface area contributed by atoms with Crippen LogP contribution >= 0.6 is 0 Å².